The Balaban J connectivity index is 1.48. The summed E-state index contributed by atoms with van der Waals surface area (Å²) in [5.74, 6) is 1.53. The van der Waals surface area contributed by atoms with Crippen LogP contribution in [0.25, 0.3) is 0 Å². The Morgan fingerprint density at radius 2 is 2.21 bits per heavy atom. The predicted molar refractivity (Wildman–Crippen MR) is 85.1 cm³/mol. The van der Waals surface area contributed by atoms with Crippen LogP contribution >= 0.6 is 0 Å². The fraction of sp³-hybridized carbons (Fsp3) is 0.812. The fourth-order valence-corrected chi connectivity index (χ4v) is 3.86. The molecule has 8 nitrogen and oxygen atoms in total. The molecular weight excluding hydrogens is 312 g/mol. The van der Waals surface area contributed by atoms with E-state index in [-0.39, 0.29) is 30.1 Å². The summed E-state index contributed by atoms with van der Waals surface area (Å²) in [5.41, 5.74) is -0.243. The molecule has 1 spiro atoms. The van der Waals surface area contributed by atoms with Gasteiger partial charge in [0.15, 0.2) is 5.82 Å². The average molecular weight is 338 g/mol. The third kappa shape index (κ3) is 3.31. The van der Waals surface area contributed by atoms with Gasteiger partial charge >= 0.3 is 0 Å². The van der Waals surface area contributed by atoms with Gasteiger partial charge in [0.25, 0.3) is 0 Å². The van der Waals surface area contributed by atoms with Crippen LogP contribution < -0.4 is 0 Å². The number of carbonyl (C=O) groups is 1. The van der Waals surface area contributed by atoms with Gasteiger partial charge in [-0.15, -0.1) is 0 Å². The molecule has 24 heavy (non-hydrogen) atoms. The second-order valence-electron chi connectivity index (χ2n) is 6.79. The number of aliphatic hydroxyl groups is 2. The Hall–Kier alpha value is -1.51. The number of ether oxygens (including phenoxy) is 1. The zero-order chi connectivity index (χ0) is 17.2. The van der Waals surface area contributed by atoms with E-state index in [9.17, 15) is 9.90 Å². The van der Waals surface area contributed by atoms with Crippen LogP contribution in [0, 0.1) is 12.3 Å². The summed E-state index contributed by atoms with van der Waals surface area (Å²) in [4.78, 5) is 18.4. The minimum atomic E-state index is -0.366. The van der Waals surface area contributed by atoms with Crippen molar-refractivity contribution in [3.63, 3.8) is 0 Å². The number of carbonyl (C=O) groups excluding carboxylic acids is 1. The number of aromatic amines is 1. The quantitative estimate of drug-likeness (QED) is 0.662. The molecule has 2 heterocycles. The Morgan fingerprint density at radius 3 is 2.79 bits per heavy atom. The molecule has 1 aromatic rings. The lowest BCUT2D eigenvalue weighted by Crippen LogP contribution is -2.62. The van der Waals surface area contributed by atoms with Gasteiger partial charge in [0.1, 0.15) is 5.82 Å². The van der Waals surface area contributed by atoms with E-state index in [1.54, 1.807) is 0 Å². The molecular formula is C16H26N4O4. The van der Waals surface area contributed by atoms with Crippen molar-refractivity contribution < 1.29 is 19.7 Å². The highest BCUT2D eigenvalue weighted by Gasteiger charge is 2.56. The van der Waals surface area contributed by atoms with Gasteiger partial charge in [0.2, 0.25) is 5.91 Å². The van der Waals surface area contributed by atoms with Gasteiger partial charge in [0.05, 0.1) is 25.4 Å². The second kappa shape index (κ2) is 7.16. The molecule has 2 fully saturated rings. The summed E-state index contributed by atoms with van der Waals surface area (Å²) in [6.07, 6.45) is 2.68. The number of piperidine rings is 1. The Morgan fingerprint density at radius 1 is 1.46 bits per heavy atom. The Bertz CT molecular complexity index is 568. The first kappa shape index (κ1) is 17.3. The third-order valence-electron chi connectivity index (χ3n) is 5.41. The number of hydrogen-bond donors (Lipinski definition) is 3. The number of likely N-dealkylation sites (tertiary alicyclic amines) is 1. The van der Waals surface area contributed by atoms with Crippen molar-refractivity contribution in [3.8, 4) is 0 Å². The summed E-state index contributed by atoms with van der Waals surface area (Å²) in [7, 11) is 0. The van der Waals surface area contributed by atoms with Crippen LogP contribution in [0.3, 0.4) is 0 Å². The number of rotatable bonds is 6. The van der Waals surface area contributed by atoms with E-state index in [1.807, 2.05) is 11.8 Å². The van der Waals surface area contributed by atoms with E-state index in [0.29, 0.717) is 44.8 Å². The van der Waals surface area contributed by atoms with Crippen LogP contribution in [0.1, 0.15) is 37.3 Å². The van der Waals surface area contributed by atoms with Crippen molar-refractivity contribution in [2.75, 3.05) is 26.3 Å². The lowest BCUT2D eigenvalue weighted by Gasteiger charge is -2.56. The highest BCUT2D eigenvalue weighted by molar-refractivity contribution is 5.76. The third-order valence-corrected chi connectivity index (χ3v) is 5.41. The van der Waals surface area contributed by atoms with E-state index in [2.05, 4.69) is 15.2 Å². The summed E-state index contributed by atoms with van der Waals surface area (Å²) < 4.78 is 5.66. The zero-order valence-corrected chi connectivity index (χ0v) is 14.1. The van der Waals surface area contributed by atoms with E-state index >= 15 is 0 Å². The molecule has 3 N–H and O–H groups in total. The predicted octanol–water partition coefficient (Wildman–Crippen LogP) is -0.203. The van der Waals surface area contributed by atoms with Gasteiger partial charge in [-0.25, -0.2) is 4.98 Å². The van der Waals surface area contributed by atoms with Gasteiger partial charge in [-0.2, -0.15) is 5.10 Å². The highest BCUT2D eigenvalue weighted by Crippen LogP contribution is 2.50. The molecule has 0 unspecified atom stereocenters. The lowest BCUT2D eigenvalue weighted by atomic mass is 9.58. The Labute approximate surface area is 141 Å². The largest absolute Gasteiger partial charge is 0.394 e. The van der Waals surface area contributed by atoms with Crippen molar-refractivity contribution >= 4 is 5.91 Å². The monoisotopic (exact) mass is 338 g/mol. The smallest absolute Gasteiger partial charge is 0.223 e. The molecule has 134 valence electrons. The number of hydrogen-bond acceptors (Lipinski definition) is 6. The maximum absolute atomic E-state index is 12.4. The van der Waals surface area contributed by atoms with Crippen LogP contribution in [0.5, 0.6) is 0 Å². The Kier molecular flexibility index (Phi) is 5.17. The van der Waals surface area contributed by atoms with Crippen LogP contribution in [0.2, 0.25) is 0 Å². The number of aromatic nitrogens is 3. The molecule has 1 saturated carbocycles. The van der Waals surface area contributed by atoms with Crippen molar-refractivity contribution in [1.29, 1.82) is 0 Å². The van der Waals surface area contributed by atoms with Crippen LogP contribution in [-0.2, 0) is 16.0 Å². The van der Waals surface area contributed by atoms with Crippen LogP contribution in [-0.4, -0.2) is 74.7 Å². The number of nitrogens with one attached hydrogen (secondary N) is 1. The minimum absolute atomic E-state index is 0.00597. The van der Waals surface area contributed by atoms with Crippen molar-refractivity contribution in [3.05, 3.63) is 11.6 Å². The van der Waals surface area contributed by atoms with Gasteiger partial charge in [-0.1, -0.05) is 0 Å². The summed E-state index contributed by atoms with van der Waals surface area (Å²) >= 11 is 0. The molecule has 1 saturated heterocycles. The van der Waals surface area contributed by atoms with Crippen LogP contribution in [0.15, 0.2) is 0 Å². The SMILES string of the molecule is Cc1nc(CCC(=O)N2CCC3(CC2)[C@@H](O)C[C@H]3OCCO)n[nH]1. The zero-order valence-electron chi connectivity index (χ0n) is 14.1. The number of amides is 1. The molecule has 2 atom stereocenters. The van der Waals surface area contributed by atoms with E-state index < -0.39 is 0 Å². The van der Waals surface area contributed by atoms with Gasteiger partial charge in [-0.3, -0.25) is 9.89 Å². The number of nitrogens with zero attached hydrogens (tertiary/aromatic N) is 3. The second-order valence-corrected chi connectivity index (χ2v) is 6.79. The van der Waals surface area contributed by atoms with Crippen molar-refractivity contribution in [2.24, 2.45) is 5.41 Å². The molecule has 1 amide bonds. The number of H-pyrrole nitrogens is 1. The topological polar surface area (TPSA) is 112 Å². The summed E-state index contributed by atoms with van der Waals surface area (Å²) in [5, 5.41) is 25.9. The first-order valence-corrected chi connectivity index (χ1v) is 8.61. The number of aryl methyl sites for hydroxylation is 2. The normalized spacial score (nSPS) is 25.7. The van der Waals surface area contributed by atoms with E-state index in [4.69, 9.17) is 9.84 Å². The van der Waals surface area contributed by atoms with E-state index in [0.717, 1.165) is 18.7 Å². The minimum Gasteiger partial charge on any atom is -0.394 e. The molecule has 0 aromatic carbocycles. The fourth-order valence-electron chi connectivity index (χ4n) is 3.86. The van der Waals surface area contributed by atoms with Gasteiger partial charge < -0.3 is 19.8 Å². The first-order chi connectivity index (χ1) is 11.5. The first-order valence-electron chi connectivity index (χ1n) is 8.61. The molecule has 1 aliphatic heterocycles. The molecule has 0 bridgehead atoms. The van der Waals surface area contributed by atoms with Crippen molar-refractivity contribution in [1.82, 2.24) is 20.1 Å². The molecule has 8 heteroatoms. The number of aliphatic hydroxyl groups excluding tert-OH is 2. The molecule has 2 aliphatic rings. The molecule has 3 rings (SSSR count). The maximum Gasteiger partial charge on any atom is 0.223 e. The molecule has 0 radical (unpaired) electrons. The standard InChI is InChI=1S/C16H26N4O4/c1-11-17-14(19-18-11)2-3-15(23)20-6-4-16(5-7-20)12(22)10-13(16)24-9-8-21/h12-13,21-22H,2-10H2,1H3,(H,17,18,19)/t12-,13+/m0/s1. The van der Waals surface area contributed by atoms with Gasteiger partial charge in [-0.05, 0) is 19.8 Å². The highest BCUT2D eigenvalue weighted by atomic mass is 16.5. The summed E-state index contributed by atoms with van der Waals surface area (Å²) in [6.45, 7) is 3.41. The average Bonchev–Trinajstić information content (AvgIpc) is 3.01. The van der Waals surface area contributed by atoms with Crippen LogP contribution in [0.4, 0.5) is 0 Å². The molecule has 1 aliphatic carbocycles. The van der Waals surface area contributed by atoms with E-state index in [1.165, 1.54) is 0 Å². The molecule has 1 aromatic heterocycles. The van der Waals surface area contributed by atoms with Gasteiger partial charge in [0, 0.05) is 37.8 Å². The lowest BCUT2D eigenvalue weighted by molar-refractivity contribution is -0.213. The maximum atomic E-state index is 12.4. The summed E-state index contributed by atoms with van der Waals surface area (Å²) in [6, 6.07) is 0. The van der Waals surface area contributed by atoms with Crippen molar-refractivity contribution in [2.45, 2.75) is 51.2 Å².